The van der Waals surface area contributed by atoms with Crippen LogP contribution in [-0.2, 0) is 0 Å². The van der Waals surface area contributed by atoms with Gasteiger partial charge in [-0.1, -0.05) is 18.2 Å². The summed E-state index contributed by atoms with van der Waals surface area (Å²) in [6, 6.07) is 5.59. The van der Waals surface area contributed by atoms with Crippen LogP contribution in [0.4, 0.5) is 0 Å². The van der Waals surface area contributed by atoms with E-state index in [1.807, 2.05) is 0 Å². The molecular formula is C8H5NO4. The highest BCUT2D eigenvalue weighted by Crippen LogP contribution is 2.06. The molecule has 1 rings (SSSR count). The lowest BCUT2D eigenvalue weighted by Crippen LogP contribution is -2.13. The molecule has 0 aliphatic heterocycles. The van der Waals surface area contributed by atoms with Crippen molar-refractivity contribution in [2.75, 3.05) is 0 Å². The molecule has 0 unspecified atom stereocenters. The van der Waals surface area contributed by atoms with E-state index >= 15 is 0 Å². The van der Waals surface area contributed by atoms with Crippen LogP contribution in [-0.4, -0.2) is 17.1 Å². The number of carbonyl (C=O) groups excluding carboxylic acids is 2. The van der Waals surface area contributed by atoms with Crippen LogP contribution in [0.2, 0.25) is 0 Å². The van der Waals surface area contributed by atoms with Crippen molar-refractivity contribution in [1.29, 1.82) is 0 Å². The van der Waals surface area contributed by atoms with Crippen LogP contribution in [0.25, 0.3) is 0 Å². The van der Waals surface area contributed by atoms with Crippen LogP contribution in [0.1, 0.15) is 20.7 Å². The minimum atomic E-state index is -1.26. The van der Waals surface area contributed by atoms with Gasteiger partial charge in [0.15, 0.2) is 6.29 Å². The van der Waals surface area contributed by atoms with E-state index in [1.165, 1.54) is 24.3 Å². The van der Waals surface area contributed by atoms with Crippen LogP contribution < -0.4 is 0 Å². The van der Waals surface area contributed by atoms with Gasteiger partial charge in [0.25, 0.3) is 0 Å². The molecule has 1 amide bonds. The van der Waals surface area contributed by atoms with E-state index in [0.29, 0.717) is 6.29 Å². The first-order valence-corrected chi connectivity index (χ1v) is 3.39. The third kappa shape index (κ3) is 1.76. The third-order valence-electron chi connectivity index (χ3n) is 1.48. The van der Waals surface area contributed by atoms with E-state index in [2.05, 4.69) is 0 Å². The molecule has 0 fully saturated rings. The molecule has 0 saturated carbocycles. The molecular weight excluding hydrogens is 174 g/mol. The van der Waals surface area contributed by atoms with Gasteiger partial charge < -0.3 is 0 Å². The van der Waals surface area contributed by atoms with Crippen LogP contribution in [0.3, 0.4) is 0 Å². The molecule has 0 atom stereocenters. The maximum Gasteiger partial charge on any atom is 0.477 e. The lowest BCUT2D eigenvalue weighted by Gasteiger charge is -1.94. The Morgan fingerprint density at radius 2 is 2.00 bits per heavy atom. The van der Waals surface area contributed by atoms with Crippen molar-refractivity contribution in [3.63, 3.8) is 0 Å². The number of hydrogen-bond acceptors (Lipinski definition) is 4. The Kier molecular flexibility index (Phi) is 2.49. The molecule has 0 heterocycles. The Bertz CT molecular complexity index is 372. The van der Waals surface area contributed by atoms with E-state index in [1.54, 1.807) is 0 Å². The highest BCUT2D eigenvalue weighted by molar-refractivity contribution is 5.97. The number of hydrogen-bond donors (Lipinski definition) is 0. The molecule has 1 aromatic carbocycles. The van der Waals surface area contributed by atoms with Crippen molar-refractivity contribution in [1.82, 2.24) is 0 Å². The second-order valence-corrected chi connectivity index (χ2v) is 2.27. The quantitative estimate of drug-likeness (QED) is 0.384. The summed E-state index contributed by atoms with van der Waals surface area (Å²) in [5.74, 6) is -1.26. The van der Waals surface area contributed by atoms with Crippen LogP contribution in [0, 0.1) is 10.1 Å². The molecule has 0 saturated heterocycles. The Labute approximate surface area is 73.1 Å². The first-order chi connectivity index (χ1) is 6.16. The smallest absolute Gasteiger partial charge is 0.298 e. The molecule has 0 N–H and O–H groups in total. The summed E-state index contributed by atoms with van der Waals surface area (Å²) in [4.78, 5) is 30.3. The number of benzene rings is 1. The van der Waals surface area contributed by atoms with E-state index in [-0.39, 0.29) is 11.1 Å². The van der Waals surface area contributed by atoms with Crippen molar-refractivity contribution in [2.24, 2.45) is 0 Å². The van der Waals surface area contributed by atoms with Gasteiger partial charge in [0, 0.05) is 5.56 Å². The number of nitrogens with zero attached hydrogens (tertiary/aromatic N) is 1. The van der Waals surface area contributed by atoms with Crippen molar-refractivity contribution in [3.8, 4) is 0 Å². The summed E-state index contributed by atoms with van der Waals surface area (Å²) >= 11 is 0. The van der Waals surface area contributed by atoms with Gasteiger partial charge in [-0.3, -0.25) is 14.9 Å². The lowest BCUT2D eigenvalue weighted by atomic mass is 10.1. The van der Waals surface area contributed by atoms with Crippen molar-refractivity contribution in [2.45, 2.75) is 0 Å². The van der Waals surface area contributed by atoms with Crippen molar-refractivity contribution < 1.29 is 14.5 Å². The average molecular weight is 179 g/mol. The molecule has 0 aliphatic carbocycles. The number of aldehydes is 1. The predicted octanol–water partition coefficient (Wildman–Crippen LogP) is 0.916. The zero-order valence-corrected chi connectivity index (χ0v) is 6.47. The second-order valence-electron chi connectivity index (χ2n) is 2.27. The summed E-state index contributed by atoms with van der Waals surface area (Å²) in [5, 5.41) is 10.1. The highest BCUT2D eigenvalue weighted by Gasteiger charge is 2.21. The summed E-state index contributed by atoms with van der Waals surface area (Å²) in [6.07, 6.45) is 0.413. The number of nitro groups is 1. The monoisotopic (exact) mass is 179 g/mol. The number of rotatable bonds is 2. The maximum absolute atomic E-state index is 10.9. The normalized spacial score (nSPS) is 9.23. The molecule has 0 radical (unpaired) electrons. The minimum absolute atomic E-state index is 0.0317. The molecule has 0 aliphatic rings. The van der Waals surface area contributed by atoms with E-state index < -0.39 is 10.8 Å². The Balaban J connectivity index is 3.20. The van der Waals surface area contributed by atoms with E-state index in [9.17, 15) is 19.7 Å². The minimum Gasteiger partial charge on any atom is -0.298 e. The molecule has 5 heteroatoms. The van der Waals surface area contributed by atoms with Gasteiger partial charge in [-0.25, -0.2) is 4.79 Å². The second kappa shape index (κ2) is 3.57. The summed E-state index contributed by atoms with van der Waals surface area (Å²) in [6.45, 7) is 0. The Hall–Kier alpha value is -2.04. The molecule has 5 nitrogen and oxygen atoms in total. The largest absolute Gasteiger partial charge is 0.477 e. The lowest BCUT2D eigenvalue weighted by molar-refractivity contribution is -0.375. The summed E-state index contributed by atoms with van der Waals surface area (Å²) < 4.78 is 0. The predicted molar refractivity (Wildman–Crippen MR) is 43.2 cm³/mol. The van der Waals surface area contributed by atoms with Crippen molar-refractivity contribution in [3.05, 3.63) is 45.5 Å². The SMILES string of the molecule is O=Cc1ccccc1C(=O)[N+](=O)[O-]. The van der Waals surface area contributed by atoms with Gasteiger partial charge in [0.05, 0.1) is 0 Å². The molecule has 1 aromatic rings. The number of amides is 1. The Morgan fingerprint density at radius 1 is 1.38 bits per heavy atom. The Morgan fingerprint density at radius 3 is 2.54 bits per heavy atom. The molecule has 0 bridgehead atoms. The van der Waals surface area contributed by atoms with E-state index in [0.717, 1.165) is 0 Å². The van der Waals surface area contributed by atoms with Crippen LogP contribution in [0.5, 0.6) is 0 Å². The molecule has 66 valence electrons. The third-order valence-corrected chi connectivity index (χ3v) is 1.48. The summed E-state index contributed by atoms with van der Waals surface area (Å²) in [5.41, 5.74) is -0.147. The fraction of sp³-hybridized carbons (Fsp3) is 0. The van der Waals surface area contributed by atoms with Gasteiger partial charge in [0.2, 0.25) is 0 Å². The van der Waals surface area contributed by atoms with Gasteiger partial charge in [-0.05, 0) is 6.07 Å². The molecule has 0 aromatic heterocycles. The van der Waals surface area contributed by atoms with Gasteiger partial charge in [-0.2, -0.15) is 0 Å². The molecule has 13 heavy (non-hydrogen) atoms. The van der Waals surface area contributed by atoms with Gasteiger partial charge in [-0.15, -0.1) is 0 Å². The highest BCUT2D eigenvalue weighted by atomic mass is 16.6. The fourth-order valence-electron chi connectivity index (χ4n) is 0.893. The standard InChI is InChI=1S/C8H5NO4/c10-5-6-3-1-2-4-7(6)8(11)9(12)13/h1-5H. The average Bonchev–Trinajstić information content (AvgIpc) is 2.16. The summed E-state index contributed by atoms with van der Waals surface area (Å²) in [7, 11) is 0. The van der Waals surface area contributed by atoms with E-state index in [4.69, 9.17) is 0 Å². The van der Waals surface area contributed by atoms with Crippen LogP contribution in [0.15, 0.2) is 24.3 Å². The fourth-order valence-corrected chi connectivity index (χ4v) is 0.893. The zero-order valence-electron chi connectivity index (χ0n) is 6.47. The zero-order chi connectivity index (χ0) is 9.84. The van der Waals surface area contributed by atoms with Gasteiger partial charge in [0.1, 0.15) is 10.5 Å². The first kappa shape index (κ1) is 9.05. The first-order valence-electron chi connectivity index (χ1n) is 3.39. The maximum atomic E-state index is 10.9. The van der Waals surface area contributed by atoms with Gasteiger partial charge >= 0.3 is 5.91 Å². The topological polar surface area (TPSA) is 77.3 Å². The van der Waals surface area contributed by atoms with Crippen molar-refractivity contribution >= 4 is 12.2 Å². The number of carbonyl (C=O) groups is 2. The molecule has 0 spiro atoms. The van der Waals surface area contributed by atoms with Crippen LogP contribution >= 0.6 is 0 Å².